The Labute approximate surface area is 90.8 Å². The molecule has 1 saturated carbocycles. The van der Waals surface area contributed by atoms with Gasteiger partial charge in [0.1, 0.15) is 0 Å². The van der Waals surface area contributed by atoms with Crippen molar-refractivity contribution in [2.24, 2.45) is 11.7 Å². The molecule has 0 bridgehead atoms. The molecule has 0 unspecified atom stereocenters. The molecule has 4 heteroatoms. The molecule has 1 saturated heterocycles. The summed E-state index contributed by atoms with van der Waals surface area (Å²) in [6.45, 7) is 2.92. The molecule has 1 amide bonds. The van der Waals surface area contributed by atoms with Crippen molar-refractivity contribution in [2.75, 3.05) is 26.3 Å². The summed E-state index contributed by atoms with van der Waals surface area (Å²) in [5.74, 6) is 0.549. The molecule has 2 rings (SSSR count). The Balaban J connectivity index is 1.84. The first-order valence-corrected chi connectivity index (χ1v) is 5.89. The normalized spacial score (nSPS) is 32.7. The minimum absolute atomic E-state index is 0.225. The third kappa shape index (κ3) is 2.69. The summed E-state index contributed by atoms with van der Waals surface area (Å²) < 4.78 is 5.24. The molecule has 0 aromatic rings. The summed E-state index contributed by atoms with van der Waals surface area (Å²) in [7, 11) is 0. The molecule has 1 heterocycles. The summed E-state index contributed by atoms with van der Waals surface area (Å²) in [5, 5.41) is 0. The lowest BCUT2D eigenvalue weighted by Gasteiger charge is -2.33. The van der Waals surface area contributed by atoms with Gasteiger partial charge in [0.05, 0.1) is 13.2 Å². The number of hydrogen-bond acceptors (Lipinski definition) is 3. The molecular weight excluding hydrogens is 192 g/mol. The number of carbonyl (C=O) groups is 1. The van der Waals surface area contributed by atoms with E-state index < -0.39 is 0 Å². The topological polar surface area (TPSA) is 55.6 Å². The molecule has 0 aromatic heterocycles. The molecule has 4 nitrogen and oxygen atoms in total. The highest BCUT2D eigenvalue weighted by Gasteiger charge is 2.28. The maximum absolute atomic E-state index is 12.1. The van der Waals surface area contributed by atoms with Gasteiger partial charge in [-0.05, 0) is 25.7 Å². The van der Waals surface area contributed by atoms with Crippen LogP contribution >= 0.6 is 0 Å². The van der Waals surface area contributed by atoms with Crippen molar-refractivity contribution in [1.82, 2.24) is 4.90 Å². The summed E-state index contributed by atoms with van der Waals surface area (Å²) in [6, 6.07) is 0.318. The molecule has 86 valence electrons. The molecule has 0 atom stereocenters. The fourth-order valence-electron chi connectivity index (χ4n) is 2.41. The lowest BCUT2D eigenvalue weighted by molar-refractivity contribution is -0.140. The van der Waals surface area contributed by atoms with E-state index in [0.29, 0.717) is 25.2 Å². The van der Waals surface area contributed by atoms with Gasteiger partial charge in [-0.3, -0.25) is 4.79 Å². The molecule has 0 aromatic carbocycles. The molecule has 2 N–H and O–H groups in total. The van der Waals surface area contributed by atoms with Crippen LogP contribution in [0.2, 0.25) is 0 Å². The van der Waals surface area contributed by atoms with Crippen LogP contribution in [0.3, 0.4) is 0 Å². The second kappa shape index (κ2) is 4.94. The van der Waals surface area contributed by atoms with Crippen LogP contribution < -0.4 is 5.73 Å². The quantitative estimate of drug-likeness (QED) is 0.683. The fraction of sp³-hybridized carbons (Fsp3) is 0.909. The summed E-state index contributed by atoms with van der Waals surface area (Å²) >= 11 is 0. The number of nitrogens with zero attached hydrogens (tertiary/aromatic N) is 1. The zero-order valence-electron chi connectivity index (χ0n) is 9.15. The van der Waals surface area contributed by atoms with E-state index in [0.717, 1.165) is 38.8 Å². The van der Waals surface area contributed by atoms with Gasteiger partial charge in [-0.1, -0.05) is 0 Å². The predicted octanol–water partition coefficient (Wildman–Crippen LogP) is 0.363. The molecule has 0 spiro atoms. The van der Waals surface area contributed by atoms with Gasteiger partial charge in [0.15, 0.2) is 0 Å². The van der Waals surface area contributed by atoms with E-state index in [1.54, 1.807) is 0 Å². The largest absolute Gasteiger partial charge is 0.378 e. The van der Waals surface area contributed by atoms with Crippen LogP contribution in [0.1, 0.15) is 25.7 Å². The summed E-state index contributed by atoms with van der Waals surface area (Å²) in [5.41, 5.74) is 5.83. The van der Waals surface area contributed by atoms with Crippen molar-refractivity contribution in [3.05, 3.63) is 0 Å². The Bertz CT molecular complexity index is 219. The van der Waals surface area contributed by atoms with Crippen LogP contribution in [0.25, 0.3) is 0 Å². The Morgan fingerprint density at radius 1 is 1.13 bits per heavy atom. The molecular formula is C11H20N2O2. The van der Waals surface area contributed by atoms with Gasteiger partial charge in [0, 0.05) is 25.0 Å². The SMILES string of the molecule is N[C@H]1CC[C@H](C(=O)N2CCOCC2)CC1. The molecule has 15 heavy (non-hydrogen) atoms. The highest BCUT2D eigenvalue weighted by molar-refractivity contribution is 5.79. The number of rotatable bonds is 1. The van der Waals surface area contributed by atoms with Crippen LogP contribution in [0.5, 0.6) is 0 Å². The van der Waals surface area contributed by atoms with Crippen LogP contribution in [0, 0.1) is 5.92 Å². The highest BCUT2D eigenvalue weighted by Crippen LogP contribution is 2.25. The van der Waals surface area contributed by atoms with Gasteiger partial charge in [0.25, 0.3) is 0 Å². The zero-order valence-corrected chi connectivity index (χ0v) is 9.15. The maximum Gasteiger partial charge on any atom is 0.225 e. The maximum atomic E-state index is 12.1. The Morgan fingerprint density at radius 2 is 1.73 bits per heavy atom. The monoisotopic (exact) mass is 212 g/mol. The van der Waals surface area contributed by atoms with Gasteiger partial charge >= 0.3 is 0 Å². The molecule has 2 fully saturated rings. The number of amides is 1. The second-order valence-electron chi connectivity index (χ2n) is 4.55. The Kier molecular flexibility index (Phi) is 3.59. The van der Waals surface area contributed by atoms with Crippen LogP contribution in [0.4, 0.5) is 0 Å². The summed E-state index contributed by atoms with van der Waals surface area (Å²) in [6.07, 6.45) is 3.94. The first-order valence-electron chi connectivity index (χ1n) is 5.89. The van der Waals surface area contributed by atoms with E-state index in [4.69, 9.17) is 10.5 Å². The van der Waals surface area contributed by atoms with Crippen molar-refractivity contribution >= 4 is 5.91 Å². The van der Waals surface area contributed by atoms with Crippen LogP contribution in [-0.4, -0.2) is 43.2 Å². The van der Waals surface area contributed by atoms with Crippen molar-refractivity contribution in [3.8, 4) is 0 Å². The molecule has 1 aliphatic carbocycles. The zero-order chi connectivity index (χ0) is 10.7. The van der Waals surface area contributed by atoms with Crippen LogP contribution in [-0.2, 0) is 9.53 Å². The van der Waals surface area contributed by atoms with E-state index >= 15 is 0 Å². The van der Waals surface area contributed by atoms with Gasteiger partial charge in [-0.15, -0.1) is 0 Å². The number of morpholine rings is 1. The Hall–Kier alpha value is -0.610. The number of ether oxygens (including phenoxy) is 1. The highest BCUT2D eigenvalue weighted by atomic mass is 16.5. The standard InChI is InChI=1S/C11H20N2O2/c12-10-3-1-9(2-4-10)11(14)13-5-7-15-8-6-13/h9-10H,1-8,12H2/t9-,10-. The Morgan fingerprint density at radius 3 is 2.33 bits per heavy atom. The van der Waals surface area contributed by atoms with E-state index in [1.165, 1.54) is 0 Å². The molecule has 1 aliphatic heterocycles. The van der Waals surface area contributed by atoms with Gasteiger partial charge in [-0.2, -0.15) is 0 Å². The molecule has 0 radical (unpaired) electrons. The van der Waals surface area contributed by atoms with E-state index in [9.17, 15) is 4.79 Å². The second-order valence-corrected chi connectivity index (χ2v) is 4.55. The summed E-state index contributed by atoms with van der Waals surface area (Å²) in [4.78, 5) is 14.0. The lowest BCUT2D eigenvalue weighted by Crippen LogP contribution is -2.45. The van der Waals surface area contributed by atoms with E-state index in [2.05, 4.69) is 0 Å². The third-order valence-electron chi connectivity index (χ3n) is 3.44. The van der Waals surface area contributed by atoms with Gasteiger partial charge in [-0.25, -0.2) is 0 Å². The van der Waals surface area contributed by atoms with Crippen molar-refractivity contribution in [1.29, 1.82) is 0 Å². The van der Waals surface area contributed by atoms with Gasteiger partial charge < -0.3 is 15.4 Å². The number of hydrogen-bond donors (Lipinski definition) is 1. The van der Waals surface area contributed by atoms with E-state index in [1.807, 2.05) is 4.90 Å². The average molecular weight is 212 g/mol. The first kappa shape index (κ1) is 10.9. The minimum Gasteiger partial charge on any atom is -0.378 e. The van der Waals surface area contributed by atoms with Crippen molar-refractivity contribution in [2.45, 2.75) is 31.7 Å². The smallest absolute Gasteiger partial charge is 0.225 e. The van der Waals surface area contributed by atoms with Gasteiger partial charge in [0.2, 0.25) is 5.91 Å². The minimum atomic E-state index is 0.225. The van der Waals surface area contributed by atoms with Crippen LogP contribution in [0.15, 0.2) is 0 Å². The number of carbonyl (C=O) groups excluding carboxylic acids is 1. The number of nitrogens with two attached hydrogens (primary N) is 1. The van der Waals surface area contributed by atoms with Crippen molar-refractivity contribution in [3.63, 3.8) is 0 Å². The lowest BCUT2D eigenvalue weighted by atomic mass is 9.85. The molecule has 2 aliphatic rings. The first-order chi connectivity index (χ1) is 7.27. The third-order valence-corrected chi connectivity index (χ3v) is 3.44. The van der Waals surface area contributed by atoms with Crippen molar-refractivity contribution < 1.29 is 9.53 Å². The van der Waals surface area contributed by atoms with E-state index in [-0.39, 0.29) is 5.92 Å². The average Bonchev–Trinajstić information content (AvgIpc) is 2.30. The predicted molar refractivity (Wildman–Crippen MR) is 57.3 cm³/mol. The fourth-order valence-corrected chi connectivity index (χ4v) is 2.41.